The second-order valence-corrected chi connectivity index (χ2v) is 12.3. The van der Waals surface area contributed by atoms with Gasteiger partial charge in [0.1, 0.15) is 11.5 Å². The van der Waals surface area contributed by atoms with Crippen molar-refractivity contribution in [1.29, 1.82) is 0 Å². The molecule has 0 radical (unpaired) electrons. The molecule has 0 spiro atoms. The molecule has 4 nitrogen and oxygen atoms in total. The predicted molar refractivity (Wildman–Crippen MR) is 200 cm³/mol. The largest absolute Gasteiger partial charge is 0.457 e. The third-order valence-electron chi connectivity index (χ3n) is 9.50. The first-order chi connectivity index (χ1) is 24.8. The van der Waals surface area contributed by atoms with Crippen LogP contribution in [0.5, 0.6) is 11.5 Å². The van der Waals surface area contributed by atoms with Crippen molar-refractivity contribution in [2.45, 2.75) is 5.41 Å². The van der Waals surface area contributed by atoms with E-state index in [0.29, 0.717) is 17.5 Å². The molecular weight excluding hydrogens is 611 g/mol. The van der Waals surface area contributed by atoms with Gasteiger partial charge in [-0.3, -0.25) is 0 Å². The average Bonchev–Trinajstić information content (AvgIpc) is 3.21. The third kappa shape index (κ3) is 4.89. The molecule has 50 heavy (non-hydrogen) atoms. The van der Waals surface area contributed by atoms with E-state index in [-0.39, 0.29) is 0 Å². The molecule has 8 aromatic rings. The summed E-state index contributed by atoms with van der Waals surface area (Å²) in [6.45, 7) is 0. The molecule has 0 N–H and O–H groups in total. The number of hydrogen-bond donors (Lipinski definition) is 0. The lowest BCUT2D eigenvalue weighted by atomic mass is 9.62. The molecule has 1 aromatic heterocycles. The van der Waals surface area contributed by atoms with E-state index in [0.717, 1.165) is 61.6 Å². The molecule has 0 unspecified atom stereocenters. The summed E-state index contributed by atoms with van der Waals surface area (Å²) in [5.74, 6) is 3.48. The lowest BCUT2D eigenvalue weighted by molar-refractivity contribution is 0.434. The van der Waals surface area contributed by atoms with Gasteiger partial charge < -0.3 is 4.74 Å². The second-order valence-electron chi connectivity index (χ2n) is 12.3. The maximum Gasteiger partial charge on any atom is 0.164 e. The van der Waals surface area contributed by atoms with Gasteiger partial charge in [0.2, 0.25) is 0 Å². The van der Waals surface area contributed by atoms with Crippen LogP contribution in [-0.4, -0.2) is 15.0 Å². The zero-order chi connectivity index (χ0) is 33.3. The van der Waals surface area contributed by atoms with Crippen LogP contribution in [0.3, 0.4) is 0 Å². The first-order valence-electron chi connectivity index (χ1n) is 16.8. The van der Waals surface area contributed by atoms with Crippen molar-refractivity contribution in [3.05, 3.63) is 210 Å². The number of fused-ring (bicyclic) bond motifs is 2. The van der Waals surface area contributed by atoms with Crippen molar-refractivity contribution in [2.24, 2.45) is 0 Å². The van der Waals surface area contributed by atoms with Crippen molar-refractivity contribution >= 4 is 0 Å². The van der Waals surface area contributed by atoms with Gasteiger partial charge >= 0.3 is 0 Å². The molecule has 0 saturated heterocycles. The van der Waals surface area contributed by atoms with Crippen LogP contribution in [-0.2, 0) is 5.41 Å². The highest BCUT2D eigenvalue weighted by Crippen LogP contribution is 2.56. The van der Waals surface area contributed by atoms with Crippen LogP contribution in [0.25, 0.3) is 45.3 Å². The number of hydrogen-bond acceptors (Lipinski definition) is 4. The Morgan fingerprint density at radius 2 is 0.740 bits per heavy atom. The fourth-order valence-electron chi connectivity index (χ4n) is 7.33. The van der Waals surface area contributed by atoms with Crippen LogP contribution in [0, 0.1) is 0 Å². The Hall–Kier alpha value is -6.65. The molecule has 0 amide bonds. The Labute approximate surface area is 291 Å². The van der Waals surface area contributed by atoms with E-state index in [9.17, 15) is 0 Å². The summed E-state index contributed by atoms with van der Waals surface area (Å²) in [6, 6.07) is 64.8. The van der Waals surface area contributed by atoms with Gasteiger partial charge in [0.25, 0.3) is 0 Å². The van der Waals surface area contributed by atoms with Gasteiger partial charge in [-0.15, -0.1) is 0 Å². The molecule has 4 heteroatoms. The Bertz CT molecular complexity index is 2420. The SMILES string of the molecule is c1ccc(-c2nc(-c3ccccc3-c3ccccc3)nc(-c3ccccc3C3(c4ccccc4)c4ccccc4Oc4ccccc43)n2)cc1. The minimum Gasteiger partial charge on any atom is -0.457 e. The lowest BCUT2D eigenvalue weighted by Gasteiger charge is -2.42. The molecule has 1 aliphatic heterocycles. The summed E-state index contributed by atoms with van der Waals surface area (Å²) in [6.07, 6.45) is 0. The van der Waals surface area contributed by atoms with Crippen molar-refractivity contribution in [1.82, 2.24) is 15.0 Å². The molecule has 2 heterocycles. The molecule has 236 valence electrons. The third-order valence-corrected chi connectivity index (χ3v) is 9.50. The van der Waals surface area contributed by atoms with Crippen molar-refractivity contribution in [3.8, 4) is 56.8 Å². The van der Waals surface area contributed by atoms with Crippen LogP contribution >= 0.6 is 0 Å². The topological polar surface area (TPSA) is 47.9 Å². The van der Waals surface area contributed by atoms with E-state index < -0.39 is 5.41 Å². The summed E-state index contributed by atoms with van der Waals surface area (Å²) >= 11 is 0. The van der Waals surface area contributed by atoms with Gasteiger partial charge in [0.05, 0.1) is 5.41 Å². The van der Waals surface area contributed by atoms with Crippen molar-refractivity contribution in [2.75, 3.05) is 0 Å². The maximum atomic E-state index is 6.59. The monoisotopic (exact) mass is 641 g/mol. The lowest BCUT2D eigenvalue weighted by Crippen LogP contribution is -2.34. The van der Waals surface area contributed by atoms with E-state index in [1.807, 2.05) is 54.6 Å². The zero-order valence-corrected chi connectivity index (χ0v) is 27.1. The van der Waals surface area contributed by atoms with Crippen molar-refractivity contribution in [3.63, 3.8) is 0 Å². The second kappa shape index (κ2) is 12.4. The minimum absolute atomic E-state index is 0.601. The van der Waals surface area contributed by atoms with Gasteiger partial charge in [-0.25, -0.2) is 15.0 Å². The molecule has 0 saturated carbocycles. The van der Waals surface area contributed by atoms with Crippen LogP contribution in [0.15, 0.2) is 188 Å². The van der Waals surface area contributed by atoms with Gasteiger partial charge in [0, 0.05) is 27.8 Å². The van der Waals surface area contributed by atoms with E-state index in [2.05, 4.69) is 133 Å². The average molecular weight is 642 g/mol. The Morgan fingerprint density at radius 1 is 0.320 bits per heavy atom. The number of benzene rings is 7. The van der Waals surface area contributed by atoms with Gasteiger partial charge in [-0.1, -0.05) is 176 Å². The summed E-state index contributed by atoms with van der Waals surface area (Å²) in [7, 11) is 0. The Kier molecular flexibility index (Phi) is 7.33. The number of ether oxygens (including phenoxy) is 1. The van der Waals surface area contributed by atoms with Gasteiger partial charge in [0.15, 0.2) is 17.5 Å². The highest BCUT2D eigenvalue weighted by molar-refractivity contribution is 5.83. The normalized spacial score (nSPS) is 12.7. The van der Waals surface area contributed by atoms with Crippen molar-refractivity contribution < 1.29 is 4.74 Å². The summed E-state index contributed by atoms with van der Waals surface area (Å²) in [4.78, 5) is 15.7. The van der Waals surface area contributed by atoms with Gasteiger partial charge in [-0.2, -0.15) is 0 Å². The standard InChI is InChI=1S/C46H31N3O/c1-4-18-32(19-5-1)35-24-10-11-25-36(35)44-47-43(33-20-6-2-7-21-33)48-45(49-44)37-26-12-13-27-38(37)46(34-22-8-3-9-23-34)39-28-14-16-30-41(39)50-42-31-17-15-29-40(42)46/h1-31H. The maximum absolute atomic E-state index is 6.59. The fraction of sp³-hybridized carbons (Fsp3) is 0.0217. The summed E-state index contributed by atoms with van der Waals surface area (Å²) < 4.78 is 6.59. The number of aromatic nitrogens is 3. The van der Waals surface area contributed by atoms with Crippen LogP contribution in [0.2, 0.25) is 0 Å². The summed E-state index contributed by atoms with van der Waals surface area (Å²) in [5, 5.41) is 0. The summed E-state index contributed by atoms with van der Waals surface area (Å²) in [5.41, 5.74) is 8.52. The molecule has 0 bridgehead atoms. The predicted octanol–water partition coefficient (Wildman–Crippen LogP) is 11.0. The minimum atomic E-state index is -0.731. The fourth-order valence-corrected chi connectivity index (χ4v) is 7.33. The van der Waals surface area contributed by atoms with E-state index in [1.54, 1.807) is 0 Å². The zero-order valence-electron chi connectivity index (χ0n) is 27.1. The van der Waals surface area contributed by atoms with E-state index >= 15 is 0 Å². The van der Waals surface area contributed by atoms with Crippen LogP contribution in [0.1, 0.15) is 22.3 Å². The molecule has 9 rings (SSSR count). The Morgan fingerprint density at radius 3 is 1.36 bits per heavy atom. The molecule has 7 aromatic carbocycles. The Balaban J connectivity index is 1.36. The van der Waals surface area contributed by atoms with E-state index in [1.165, 1.54) is 0 Å². The highest BCUT2D eigenvalue weighted by Gasteiger charge is 2.46. The molecule has 0 atom stereocenters. The first-order valence-corrected chi connectivity index (χ1v) is 16.8. The van der Waals surface area contributed by atoms with Crippen LogP contribution < -0.4 is 4.74 Å². The van der Waals surface area contributed by atoms with Gasteiger partial charge in [-0.05, 0) is 34.4 Å². The van der Waals surface area contributed by atoms with E-state index in [4.69, 9.17) is 19.7 Å². The highest BCUT2D eigenvalue weighted by atomic mass is 16.5. The smallest absolute Gasteiger partial charge is 0.164 e. The molecule has 0 aliphatic carbocycles. The number of rotatable bonds is 6. The molecule has 0 fully saturated rings. The molecular formula is C46H31N3O. The van der Waals surface area contributed by atoms with Crippen LogP contribution in [0.4, 0.5) is 0 Å². The number of para-hydroxylation sites is 2. The molecule has 1 aliphatic rings. The number of nitrogens with zero attached hydrogens (tertiary/aromatic N) is 3. The first kappa shape index (κ1) is 29.5. The quantitative estimate of drug-likeness (QED) is 0.181.